The second-order valence-corrected chi connectivity index (χ2v) is 4.54. The number of ether oxygens (including phenoxy) is 1. The number of rotatable bonds is 6. The van der Waals surface area contributed by atoms with Gasteiger partial charge in [-0.3, -0.25) is 14.5 Å². The predicted octanol–water partition coefficient (Wildman–Crippen LogP) is 0.189. The predicted molar refractivity (Wildman–Crippen MR) is 75.4 cm³/mol. The lowest BCUT2D eigenvalue weighted by Crippen LogP contribution is -2.34. The van der Waals surface area contributed by atoms with Crippen molar-refractivity contribution in [2.75, 3.05) is 25.6 Å². The van der Waals surface area contributed by atoms with Gasteiger partial charge in [0.15, 0.2) is 11.6 Å². The highest BCUT2D eigenvalue weighted by atomic mass is 19.1. The van der Waals surface area contributed by atoms with Crippen molar-refractivity contribution in [3.8, 4) is 5.75 Å². The molecule has 0 unspecified atom stereocenters. The van der Waals surface area contributed by atoms with E-state index in [-0.39, 0.29) is 29.2 Å². The summed E-state index contributed by atoms with van der Waals surface area (Å²) in [7, 11) is 1.19. The van der Waals surface area contributed by atoms with Gasteiger partial charge in [0.2, 0.25) is 0 Å². The van der Waals surface area contributed by atoms with Crippen LogP contribution in [0.3, 0.4) is 0 Å². The van der Waals surface area contributed by atoms with Gasteiger partial charge < -0.3 is 20.3 Å². The molecule has 23 heavy (non-hydrogen) atoms. The van der Waals surface area contributed by atoms with E-state index in [0.717, 1.165) is 23.1 Å². The molecule has 1 aromatic carbocycles. The van der Waals surface area contributed by atoms with E-state index in [4.69, 9.17) is 9.84 Å². The maximum atomic E-state index is 13.8. The van der Waals surface area contributed by atoms with Gasteiger partial charge in [-0.1, -0.05) is 0 Å². The molecule has 122 valence electrons. The number of halogens is 1. The van der Waals surface area contributed by atoms with Gasteiger partial charge in [0.1, 0.15) is 5.70 Å². The van der Waals surface area contributed by atoms with Crippen molar-refractivity contribution >= 4 is 23.5 Å². The number of carboxylic acids is 1. The molecule has 8 nitrogen and oxygen atoms in total. The molecule has 9 heteroatoms. The van der Waals surface area contributed by atoms with Gasteiger partial charge in [0.05, 0.1) is 31.5 Å². The van der Waals surface area contributed by atoms with E-state index in [9.17, 15) is 23.9 Å². The molecule has 0 fully saturated rings. The van der Waals surface area contributed by atoms with Gasteiger partial charge in [-0.15, -0.1) is 0 Å². The molecule has 0 atom stereocenters. The highest BCUT2D eigenvalue weighted by molar-refractivity contribution is 6.17. The number of methoxy groups -OCH3 is 1. The topological polar surface area (TPSA) is 116 Å². The number of nitrogens with zero attached hydrogens (tertiary/aromatic N) is 1. The van der Waals surface area contributed by atoms with Crippen LogP contribution < -0.4 is 10.1 Å². The zero-order valence-corrected chi connectivity index (χ0v) is 12.0. The Morgan fingerprint density at radius 1 is 1.39 bits per heavy atom. The molecule has 0 saturated heterocycles. The summed E-state index contributed by atoms with van der Waals surface area (Å²) in [6.45, 7) is -0.599. The number of anilines is 1. The van der Waals surface area contributed by atoms with Crippen LogP contribution in [0.2, 0.25) is 0 Å². The van der Waals surface area contributed by atoms with Gasteiger partial charge in [-0.05, 0) is 6.07 Å². The smallest absolute Gasteiger partial charge is 0.337 e. The highest BCUT2D eigenvalue weighted by Crippen LogP contribution is 2.28. The number of carboxylic acid groups (broad SMARTS) is 1. The van der Waals surface area contributed by atoms with Gasteiger partial charge in [0.25, 0.3) is 11.8 Å². The number of imide groups is 1. The summed E-state index contributed by atoms with van der Waals surface area (Å²) >= 11 is 0. The van der Waals surface area contributed by atoms with E-state index < -0.39 is 30.2 Å². The number of aliphatic hydroxyl groups is 1. The lowest BCUT2D eigenvalue weighted by molar-refractivity contribution is -0.137. The maximum absolute atomic E-state index is 13.8. The first kappa shape index (κ1) is 16.4. The molecule has 1 aromatic rings. The van der Waals surface area contributed by atoms with Crippen LogP contribution in [0.15, 0.2) is 23.9 Å². The second-order valence-electron chi connectivity index (χ2n) is 4.54. The minimum Gasteiger partial charge on any atom is -0.494 e. The zero-order chi connectivity index (χ0) is 17.1. The monoisotopic (exact) mass is 324 g/mol. The van der Waals surface area contributed by atoms with Crippen LogP contribution in [0.1, 0.15) is 10.4 Å². The first-order valence-corrected chi connectivity index (χ1v) is 6.45. The van der Waals surface area contributed by atoms with E-state index >= 15 is 0 Å². The van der Waals surface area contributed by atoms with E-state index in [0.29, 0.717) is 0 Å². The summed E-state index contributed by atoms with van der Waals surface area (Å²) < 4.78 is 18.5. The third kappa shape index (κ3) is 3.14. The molecule has 1 aliphatic heterocycles. The van der Waals surface area contributed by atoms with Gasteiger partial charge in [-0.25, -0.2) is 9.18 Å². The van der Waals surface area contributed by atoms with Crippen molar-refractivity contribution in [1.82, 2.24) is 4.90 Å². The van der Waals surface area contributed by atoms with Crippen molar-refractivity contribution in [1.29, 1.82) is 0 Å². The average Bonchev–Trinajstić information content (AvgIpc) is 2.75. The number of carbonyl (C=O) groups excluding carboxylic acids is 2. The first-order valence-electron chi connectivity index (χ1n) is 6.45. The van der Waals surface area contributed by atoms with Crippen LogP contribution in [0.5, 0.6) is 5.75 Å². The number of aliphatic hydroxyl groups excluding tert-OH is 1. The molecular weight excluding hydrogens is 311 g/mol. The fourth-order valence-electron chi connectivity index (χ4n) is 2.05. The van der Waals surface area contributed by atoms with Crippen LogP contribution in [0.25, 0.3) is 0 Å². The largest absolute Gasteiger partial charge is 0.494 e. The van der Waals surface area contributed by atoms with Crippen molar-refractivity contribution < 1.29 is 33.7 Å². The lowest BCUT2D eigenvalue weighted by atomic mass is 10.1. The Labute approximate surface area is 129 Å². The SMILES string of the molecule is COc1cc(C(=O)O)c(NC2=CC(=O)N(CCO)C2=O)cc1F. The number of nitrogens with one attached hydrogen (secondary N) is 1. The lowest BCUT2D eigenvalue weighted by Gasteiger charge is -2.15. The number of hydrogen-bond donors (Lipinski definition) is 3. The number of benzene rings is 1. The van der Waals surface area contributed by atoms with Gasteiger partial charge in [0, 0.05) is 12.1 Å². The van der Waals surface area contributed by atoms with Crippen LogP contribution in [-0.4, -0.2) is 53.2 Å². The Balaban J connectivity index is 2.35. The summed E-state index contributed by atoms with van der Waals surface area (Å²) in [5.74, 6) is -3.85. The average molecular weight is 324 g/mol. The van der Waals surface area contributed by atoms with Crippen molar-refractivity contribution in [2.24, 2.45) is 0 Å². The quantitative estimate of drug-likeness (QED) is 0.640. The number of amides is 2. The van der Waals surface area contributed by atoms with Gasteiger partial charge >= 0.3 is 5.97 Å². The fraction of sp³-hybridized carbons (Fsp3) is 0.214. The van der Waals surface area contributed by atoms with E-state index in [1.807, 2.05) is 0 Å². The summed E-state index contributed by atoms with van der Waals surface area (Å²) in [4.78, 5) is 35.7. The number of β-amino-alcohol motifs (C(OH)–C–C–N with tert-alkyl or cyclic N) is 1. The molecule has 1 heterocycles. The van der Waals surface area contributed by atoms with Crippen LogP contribution in [0.4, 0.5) is 10.1 Å². The molecule has 2 rings (SSSR count). The molecule has 0 aliphatic carbocycles. The van der Waals surface area contributed by atoms with Gasteiger partial charge in [-0.2, -0.15) is 0 Å². The van der Waals surface area contributed by atoms with E-state index in [2.05, 4.69) is 5.32 Å². The summed E-state index contributed by atoms with van der Waals surface area (Å²) in [6.07, 6.45) is 0.950. The van der Waals surface area contributed by atoms with Crippen molar-refractivity contribution in [3.63, 3.8) is 0 Å². The maximum Gasteiger partial charge on any atom is 0.337 e. The molecule has 0 radical (unpaired) electrons. The number of aromatic carboxylic acids is 1. The fourth-order valence-corrected chi connectivity index (χ4v) is 2.05. The Morgan fingerprint density at radius 2 is 2.09 bits per heavy atom. The third-order valence-electron chi connectivity index (χ3n) is 3.12. The number of hydrogen-bond acceptors (Lipinski definition) is 6. The normalized spacial score (nSPS) is 14.0. The first-order chi connectivity index (χ1) is 10.9. The standard InChI is InChI=1S/C14H13FN2O6/c1-23-11-4-7(14(21)22)9(5-8(11)15)16-10-6-12(19)17(2-3-18)13(10)20/h4-6,16,18H,2-3H2,1H3,(H,21,22). The summed E-state index contributed by atoms with van der Waals surface area (Å²) in [5, 5.41) is 20.4. The Morgan fingerprint density at radius 3 is 2.65 bits per heavy atom. The Kier molecular flexibility index (Phi) is 4.60. The minimum absolute atomic E-state index is 0.192. The highest BCUT2D eigenvalue weighted by Gasteiger charge is 2.31. The third-order valence-corrected chi connectivity index (χ3v) is 3.12. The molecule has 3 N–H and O–H groups in total. The summed E-state index contributed by atoms with van der Waals surface area (Å²) in [5.41, 5.74) is -0.741. The van der Waals surface area contributed by atoms with E-state index in [1.165, 1.54) is 7.11 Å². The molecule has 2 amide bonds. The molecule has 1 aliphatic rings. The molecule has 0 saturated carbocycles. The molecular formula is C14H13FN2O6. The minimum atomic E-state index is -1.37. The van der Waals surface area contributed by atoms with Crippen LogP contribution in [0, 0.1) is 5.82 Å². The molecule has 0 aromatic heterocycles. The van der Waals surface area contributed by atoms with Crippen LogP contribution in [-0.2, 0) is 9.59 Å². The van der Waals surface area contributed by atoms with E-state index in [1.54, 1.807) is 0 Å². The molecule has 0 spiro atoms. The Bertz CT molecular complexity index is 715. The molecule has 0 bridgehead atoms. The van der Waals surface area contributed by atoms with Crippen LogP contribution >= 0.6 is 0 Å². The van der Waals surface area contributed by atoms with Crippen molar-refractivity contribution in [2.45, 2.75) is 0 Å². The van der Waals surface area contributed by atoms with Crippen molar-refractivity contribution in [3.05, 3.63) is 35.3 Å². The zero-order valence-electron chi connectivity index (χ0n) is 12.0. The second kappa shape index (κ2) is 6.44. The Hall–Kier alpha value is -2.94. The number of carbonyl (C=O) groups is 3. The summed E-state index contributed by atoms with van der Waals surface area (Å²) in [6, 6.07) is 1.82.